The molecule has 10 heteroatoms. The number of carbonyl (C=O) groups is 1. The Kier molecular flexibility index (Phi) is 5.83. The summed E-state index contributed by atoms with van der Waals surface area (Å²) in [6.45, 7) is 0.430. The summed E-state index contributed by atoms with van der Waals surface area (Å²) in [5.41, 5.74) is 0.585. The molecule has 2 heterocycles. The molecule has 4 aromatic rings. The van der Waals surface area contributed by atoms with Crippen molar-refractivity contribution in [3.63, 3.8) is 0 Å². The monoisotopic (exact) mass is 493 g/mol. The Balaban J connectivity index is 1.63. The van der Waals surface area contributed by atoms with Crippen molar-refractivity contribution in [1.29, 1.82) is 5.26 Å². The number of fused-ring (bicyclic) bond motifs is 2. The fourth-order valence-corrected chi connectivity index (χ4v) is 4.95. The summed E-state index contributed by atoms with van der Waals surface area (Å²) < 4.78 is 30.4. The van der Waals surface area contributed by atoms with Crippen LogP contribution in [0.25, 0.3) is 32.8 Å². The van der Waals surface area contributed by atoms with Crippen LogP contribution in [0.1, 0.15) is 6.42 Å². The topological polar surface area (TPSA) is 93.4 Å². The van der Waals surface area contributed by atoms with Crippen molar-refractivity contribution in [2.75, 3.05) is 24.5 Å². The van der Waals surface area contributed by atoms with Crippen molar-refractivity contribution < 1.29 is 18.7 Å². The van der Waals surface area contributed by atoms with Crippen molar-refractivity contribution in [2.24, 2.45) is 0 Å². The van der Waals surface area contributed by atoms with Crippen LogP contribution in [0.5, 0.6) is 0 Å². The predicted octanol–water partition coefficient (Wildman–Crippen LogP) is 5.46. The molecule has 1 aliphatic rings. The molecule has 5 rings (SSSR count). The summed E-state index contributed by atoms with van der Waals surface area (Å²) in [7, 11) is 0. The van der Waals surface area contributed by atoms with Crippen LogP contribution in [0, 0.1) is 23.2 Å². The number of anilines is 1. The van der Waals surface area contributed by atoms with Crippen LogP contribution < -0.4 is 4.90 Å². The summed E-state index contributed by atoms with van der Waals surface area (Å²) in [5, 5.41) is 20.8. The maximum absolute atomic E-state index is 15.9. The number of piperazine rings is 1. The lowest BCUT2D eigenvalue weighted by atomic mass is 9.96. The van der Waals surface area contributed by atoms with Gasteiger partial charge in [0.1, 0.15) is 11.3 Å². The van der Waals surface area contributed by atoms with Crippen LogP contribution in [0.3, 0.4) is 0 Å². The Morgan fingerprint density at radius 3 is 2.63 bits per heavy atom. The molecule has 1 aromatic heterocycles. The van der Waals surface area contributed by atoms with Crippen molar-refractivity contribution >= 4 is 45.2 Å². The van der Waals surface area contributed by atoms with E-state index >= 15 is 4.39 Å². The zero-order valence-electron chi connectivity index (χ0n) is 18.3. The Hall–Kier alpha value is -4.03. The number of nitriles is 1. The molecule has 7 nitrogen and oxygen atoms in total. The van der Waals surface area contributed by atoms with Crippen molar-refractivity contribution in [2.45, 2.75) is 12.5 Å². The molecule has 176 valence electrons. The first-order chi connectivity index (χ1) is 16.9. The largest absolute Gasteiger partial charge is 0.465 e. The fourth-order valence-electron chi connectivity index (χ4n) is 4.67. The highest BCUT2D eigenvalue weighted by molar-refractivity contribution is 6.36. The molecule has 3 aromatic carbocycles. The van der Waals surface area contributed by atoms with Crippen LogP contribution in [0.2, 0.25) is 5.02 Å². The fraction of sp³-hybridized carbons (Fsp3) is 0.200. The van der Waals surface area contributed by atoms with Crippen LogP contribution >= 0.6 is 11.6 Å². The van der Waals surface area contributed by atoms with Gasteiger partial charge in [-0.05, 0) is 23.1 Å². The van der Waals surface area contributed by atoms with E-state index in [2.05, 4.69) is 9.97 Å². The smallest absolute Gasteiger partial charge is 0.407 e. The van der Waals surface area contributed by atoms with Crippen LogP contribution in [-0.4, -0.2) is 51.7 Å². The summed E-state index contributed by atoms with van der Waals surface area (Å²) in [6.07, 6.45) is -2.26. The van der Waals surface area contributed by atoms with E-state index in [1.165, 1.54) is 4.90 Å². The predicted molar refractivity (Wildman–Crippen MR) is 128 cm³/mol. The van der Waals surface area contributed by atoms with Crippen LogP contribution in [0.4, 0.5) is 19.4 Å². The number of carboxylic acid groups (broad SMARTS) is 1. The first kappa shape index (κ1) is 22.7. The van der Waals surface area contributed by atoms with Crippen molar-refractivity contribution in [1.82, 2.24) is 14.9 Å². The number of amides is 1. The van der Waals surface area contributed by atoms with Crippen molar-refractivity contribution in [3.8, 4) is 17.2 Å². The second-order valence-corrected chi connectivity index (χ2v) is 8.63. The molecule has 1 aliphatic heterocycles. The minimum absolute atomic E-state index is 0.0331. The van der Waals surface area contributed by atoms with E-state index in [4.69, 9.17) is 16.9 Å². The highest BCUT2D eigenvalue weighted by Crippen LogP contribution is 2.38. The van der Waals surface area contributed by atoms with Gasteiger partial charge in [0.05, 0.1) is 18.5 Å². The second kappa shape index (κ2) is 8.96. The van der Waals surface area contributed by atoms with Gasteiger partial charge < -0.3 is 14.9 Å². The lowest BCUT2D eigenvalue weighted by Crippen LogP contribution is -2.55. The average molecular weight is 494 g/mol. The molecule has 0 spiro atoms. The van der Waals surface area contributed by atoms with Crippen molar-refractivity contribution in [3.05, 3.63) is 65.4 Å². The third-order valence-corrected chi connectivity index (χ3v) is 6.57. The van der Waals surface area contributed by atoms with E-state index < -0.39 is 24.0 Å². The van der Waals surface area contributed by atoms with Gasteiger partial charge in [0.25, 0.3) is 0 Å². The lowest BCUT2D eigenvalue weighted by molar-refractivity contribution is 0.119. The normalized spacial score (nSPS) is 16.0. The Morgan fingerprint density at radius 1 is 1.11 bits per heavy atom. The van der Waals surface area contributed by atoms with Gasteiger partial charge in [-0.3, -0.25) is 0 Å². The number of hydrogen-bond donors (Lipinski definition) is 1. The zero-order chi connectivity index (χ0) is 24.7. The minimum Gasteiger partial charge on any atom is -0.465 e. The van der Waals surface area contributed by atoms with Crippen LogP contribution in [0.15, 0.2) is 48.5 Å². The van der Waals surface area contributed by atoms with Gasteiger partial charge >= 0.3 is 12.2 Å². The number of benzene rings is 3. The van der Waals surface area contributed by atoms with E-state index in [0.717, 1.165) is 5.39 Å². The first-order valence-corrected chi connectivity index (χ1v) is 11.2. The Morgan fingerprint density at radius 2 is 1.89 bits per heavy atom. The molecule has 0 radical (unpaired) electrons. The number of rotatable bonds is 3. The van der Waals surface area contributed by atoms with Gasteiger partial charge in [0.2, 0.25) is 0 Å². The lowest BCUT2D eigenvalue weighted by Gasteiger charge is -2.39. The highest BCUT2D eigenvalue weighted by atomic mass is 35.5. The first-order valence-electron chi connectivity index (χ1n) is 10.8. The molecular formula is C25H18ClF2N5O2. The number of nitrogens with zero attached hydrogens (tertiary/aromatic N) is 5. The summed E-state index contributed by atoms with van der Waals surface area (Å²) in [4.78, 5) is 22.0. The number of aromatic nitrogens is 2. The number of hydrogen-bond acceptors (Lipinski definition) is 5. The molecule has 1 N–H and O–H groups in total. The quantitative estimate of drug-likeness (QED) is 0.381. The molecule has 0 saturated carbocycles. The Bertz CT molecular complexity index is 1520. The van der Waals surface area contributed by atoms with Crippen LogP contribution in [-0.2, 0) is 0 Å². The average Bonchev–Trinajstić information content (AvgIpc) is 2.84. The van der Waals surface area contributed by atoms with E-state index in [9.17, 15) is 14.3 Å². The van der Waals surface area contributed by atoms with Gasteiger partial charge in [0, 0.05) is 41.0 Å². The molecule has 0 aliphatic carbocycles. The minimum atomic E-state index is -1.13. The van der Waals surface area contributed by atoms with E-state index in [0.29, 0.717) is 21.4 Å². The van der Waals surface area contributed by atoms with E-state index in [1.807, 2.05) is 24.3 Å². The second-order valence-electron chi connectivity index (χ2n) is 8.22. The zero-order valence-corrected chi connectivity index (χ0v) is 19.0. The third-order valence-electron chi connectivity index (χ3n) is 6.26. The maximum Gasteiger partial charge on any atom is 0.407 e. The van der Waals surface area contributed by atoms with Gasteiger partial charge in [0.15, 0.2) is 5.82 Å². The maximum atomic E-state index is 15.9. The SMILES string of the molecule is N#CC[C@H]1CN(c2nc(F)nc3c(F)c(-c4cccc5cccc(Cl)c45)ccc23)CCN1C(=O)O. The van der Waals surface area contributed by atoms with Gasteiger partial charge in [-0.2, -0.15) is 19.6 Å². The summed E-state index contributed by atoms with van der Waals surface area (Å²) in [5.74, 6) is -0.558. The molecule has 0 unspecified atom stereocenters. The number of halogens is 3. The molecule has 1 fully saturated rings. The molecule has 1 saturated heterocycles. The third kappa shape index (κ3) is 3.96. The standard InChI is InChI=1S/C25H18ClF2N5O2/c26-19-6-2-4-14-3-1-5-16(20(14)19)17-7-8-18-22(21(17)27)30-24(28)31-23(18)32-11-12-33(25(34)35)15(13-32)9-10-29/h1-8,15H,9,11-13H2,(H,34,35)/t15-/m0/s1. The molecule has 1 atom stereocenters. The Labute approximate surface area is 203 Å². The van der Waals surface area contributed by atoms with Gasteiger partial charge in [-0.1, -0.05) is 48.0 Å². The molecule has 1 amide bonds. The summed E-state index contributed by atoms with van der Waals surface area (Å²) >= 11 is 6.42. The molecule has 0 bridgehead atoms. The highest BCUT2D eigenvalue weighted by Gasteiger charge is 2.32. The summed E-state index contributed by atoms with van der Waals surface area (Å²) in [6, 6.07) is 15.4. The molecule has 35 heavy (non-hydrogen) atoms. The van der Waals surface area contributed by atoms with E-state index in [1.54, 1.807) is 35.2 Å². The van der Waals surface area contributed by atoms with Gasteiger partial charge in [-0.25, -0.2) is 9.18 Å². The molecular weight excluding hydrogens is 476 g/mol. The van der Waals surface area contributed by atoms with E-state index in [-0.39, 0.29) is 43.0 Å². The van der Waals surface area contributed by atoms with Gasteiger partial charge in [-0.15, -0.1) is 0 Å².